The van der Waals surface area contributed by atoms with E-state index in [1.54, 1.807) is 12.1 Å². The summed E-state index contributed by atoms with van der Waals surface area (Å²) in [6.07, 6.45) is 3.98. The zero-order valence-electron chi connectivity index (χ0n) is 17.0. The maximum Gasteiger partial charge on any atom is 0.121 e. The van der Waals surface area contributed by atoms with Gasteiger partial charge in [0.25, 0.3) is 0 Å². The highest BCUT2D eigenvalue weighted by molar-refractivity contribution is 5.60. The third-order valence-electron chi connectivity index (χ3n) is 5.71. The first-order valence-electron chi connectivity index (χ1n) is 10.3. The number of imidazole rings is 1. The third kappa shape index (κ3) is 3.30. The second kappa shape index (κ2) is 7.96. The highest BCUT2D eigenvalue weighted by Gasteiger charge is 2.38. The highest BCUT2D eigenvalue weighted by atomic mass is 16.3. The lowest BCUT2D eigenvalue weighted by molar-refractivity contribution is 0.475. The Morgan fingerprint density at radius 1 is 0.581 bits per heavy atom. The Morgan fingerprint density at radius 2 is 1.03 bits per heavy atom. The molecule has 1 heterocycles. The molecule has 0 radical (unpaired) electrons. The maximum absolute atomic E-state index is 9.66. The van der Waals surface area contributed by atoms with Crippen LogP contribution in [0.5, 0.6) is 5.75 Å². The molecule has 31 heavy (non-hydrogen) atoms. The molecule has 0 unspecified atom stereocenters. The van der Waals surface area contributed by atoms with Gasteiger partial charge in [0, 0.05) is 11.8 Å². The van der Waals surface area contributed by atoms with E-state index in [0.29, 0.717) is 0 Å². The Morgan fingerprint density at radius 3 is 1.48 bits per heavy atom. The molecule has 0 aliphatic rings. The van der Waals surface area contributed by atoms with Crippen LogP contribution in [0.4, 0.5) is 0 Å². The van der Waals surface area contributed by atoms with E-state index in [2.05, 4.69) is 83.6 Å². The predicted molar refractivity (Wildman–Crippen MR) is 124 cm³/mol. The molecule has 0 bridgehead atoms. The molecule has 0 aliphatic heterocycles. The monoisotopic (exact) mass is 402 g/mol. The Kier molecular flexibility index (Phi) is 4.85. The van der Waals surface area contributed by atoms with Crippen molar-refractivity contribution in [3.63, 3.8) is 0 Å². The fourth-order valence-corrected chi connectivity index (χ4v) is 4.27. The molecule has 3 nitrogen and oxygen atoms in total. The van der Waals surface area contributed by atoms with Crippen molar-refractivity contribution in [1.82, 2.24) is 9.55 Å². The third-order valence-corrected chi connectivity index (χ3v) is 5.71. The first-order chi connectivity index (χ1) is 15.3. The van der Waals surface area contributed by atoms with Gasteiger partial charge in [-0.15, -0.1) is 0 Å². The van der Waals surface area contributed by atoms with Gasteiger partial charge in [0.2, 0.25) is 0 Å². The zero-order valence-corrected chi connectivity index (χ0v) is 17.0. The van der Waals surface area contributed by atoms with Crippen molar-refractivity contribution in [3.8, 4) is 17.0 Å². The van der Waals surface area contributed by atoms with Crippen LogP contribution in [-0.4, -0.2) is 14.7 Å². The van der Waals surface area contributed by atoms with Crippen molar-refractivity contribution in [2.45, 2.75) is 5.54 Å². The summed E-state index contributed by atoms with van der Waals surface area (Å²) in [5.41, 5.74) is 4.70. The lowest BCUT2D eigenvalue weighted by Gasteiger charge is -2.37. The van der Waals surface area contributed by atoms with Gasteiger partial charge < -0.3 is 9.67 Å². The fourth-order valence-electron chi connectivity index (χ4n) is 4.27. The molecule has 0 saturated heterocycles. The summed E-state index contributed by atoms with van der Waals surface area (Å²) in [5, 5.41) is 9.66. The van der Waals surface area contributed by atoms with Crippen molar-refractivity contribution < 1.29 is 5.11 Å². The molecule has 5 aromatic rings. The topological polar surface area (TPSA) is 38.0 Å². The summed E-state index contributed by atoms with van der Waals surface area (Å²) >= 11 is 0. The minimum Gasteiger partial charge on any atom is -0.508 e. The second-order valence-corrected chi connectivity index (χ2v) is 7.52. The lowest BCUT2D eigenvalue weighted by atomic mass is 9.77. The number of phenols is 1. The van der Waals surface area contributed by atoms with Crippen molar-refractivity contribution in [2.24, 2.45) is 0 Å². The van der Waals surface area contributed by atoms with Gasteiger partial charge in [-0.25, -0.2) is 4.98 Å². The Labute approximate surface area is 181 Å². The number of hydrogen-bond acceptors (Lipinski definition) is 2. The van der Waals surface area contributed by atoms with Gasteiger partial charge in [-0.1, -0.05) is 91.0 Å². The molecule has 1 N–H and O–H groups in total. The number of aromatic nitrogens is 2. The van der Waals surface area contributed by atoms with Gasteiger partial charge in [-0.05, 0) is 41.0 Å². The second-order valence-electron chi connectivity index (χ2n) is 7.52. The van der Waals surface area contributed by atoms with Gasteiger partial charge >= 0.3 is 0 Å². The number of nitrogens with zero attached hydrogens (tertiary/aromatic N) is 2. The van der Waals surface area contributed by atoms with E-state index in [4.69, 9.17) is 4.98 Å². The zero-order chi connectivity index (χ0) is 21.1. The van der Waals surface area contributed by atoms with Crippen molar-refractivity contribution in [1.29, 1.82) is 0 Å². The molecule has 3 heteroatoms. The van der Waals surface area contributed by atoms with Crippen LogP contribution < -0.4 is 0 Å². The maximum atomic E-state index is 9.66. The summed E-state index contributed by atoms with van der Waals surface area (Å²) < 4.78 is 2.19. The van der Waals surface area contributed by atoms with Crippen LogP contribution in [0.25, 0.3) is 11.3 Å². The summed E-state index contributed by atoms with van der Waals surface area (Å²) in [6.45, 7) is 0. The highest BCUT2D eigenvalue weighted by Crippen LogP contribution is 2.41. The molecule has 0 saturated carbocycles. The van der Waals surface area contributed by atoms with Gasteiger partial charge in [0.15, 0.2) is 0 Å². The number of rotatable bonds is 5. The van der Waals surface area contributed by atoms with Gasteiger partial charge in [0.1, 0.15) is 11.3 Å². The van der Waals surface area contributed by atoms with Gasteiger partial charge in [0.05, 0.1) is 12.0 Å². The molecule has 150 valence electrons. The molecule has 0 amide bonds. The largest absolute Gasteiger partial charge is 0.508 e. The quantitative estimate of drug-likeness (QED) is 0.361. The molecule has 1 aromatic heterocycles. The summed E-state index contributed by atoms with van der Waals surface area (Å²) in [5.74, 6) is 0.246. The average molecular weight is 402 g/mol. The first-order valence-corrected chi connectivity index (χ1v) is 10.3. The van der Waals surface area contributed by atoms with Crippen molar-refractivity contribution in [3.05, 3.63) is 144 Å². The van der Waals surface area contributed by atoms with Gasteiger partial charge in [-0.2, -0.15) is 0 Å². The number of hydrogen-bond donors (Lipinski definition) is 1. The fraction of sp³-hybridized carbons (Fsp3) is 0.0357. The van der Waals surface area contributed by atoms with Crippen LogP contribution in [0.15, 0.2) is 128 Å². The average Bonchev–Trinajstić information content (AvgIpc) is 3.33. The van der Waals surface area contributed by atoms with E-state index in [-0.39, 0.29) is 5.75 Å². The SMILES string of the molecule is Oc1ccc(-c2cn(C(c3ccccc3)(c3ccccc3)c3ccccc3)cn2)cc1. The van der Waals surface area contributed by atoms with Crippen LogP contribution in [0.1, 0.15) is 16.7 Å². The number of benzene rings is 4. The summed E-state index contributed by atoms with van der Waals surface area (Å²) in [4.78, 5) is 4.74. The molecule has 5 rings (SSSR count). The van der Waals surface area contributed by atoms with Crippen molar-refractivity contribution in [2.75, 3.05) is 0 Å². The minimum atomic E-state index is -0.577. The van der Waals surface area contributed by atoms with Crippen LogP contribution in [0.2, 0.25) is 0 Å². The summed E-state index contributed by atoms with van der Waals surface area (Å²) in [7, 11) is 0. The van der Waals surface area contributed by atoms with E-state index in [1.165, 1.54) is 0 Å². The van der Waals surface area contributed by atoms with Crippen LogP contribution in [0.3, 0.4) is 0 Å². The minimum absolute atomic E-state index is 0.246. The predicted octanol–water partition coefficient (Wildman–Crippen LogP) is 6.10. The van der Waals surface area contributed by atoms with Crippen molar-refractivity contribution >= 4 is 0 Å². The van der Waals surface area contributed by atoms with E-state index in [9.17, 15) is 5.11 Å². The van der Waals surface area contributed by atoms with E-state index >= 15 is 0 Å². The van der Waals surface area contributed by atoms with Crippen LogP contribution >= 0.6 is 0 Å². The lowest BCUT2D eigenvalue weighted by Crippen LogP contribution is -2.36. The van der Waals surface area contributed by atoms with Gasteiger partial charge in [-0.3, -0.25) is 0 Å². The molecular formula is C28H22N2O. The molecule has 0 spiro atoms. The Hall–Kier alpha value is -4.11. The first kappa shape index (κ1) is 18.9. The molecular weight excluding hydrogens is 380 g/mol. The van der Waals surface area contributed by atoms with Crippen LogP contribution in [-0.2, 0) is 5.54 Å². The Balaban J connectivity index is 1.80. The standard InChI is InChI=1S/C28H22N2O/c31-26-18-16-22(17-19-26)27-20-30(21-29-27)28(23-10-4-1-5-11-23,24-12-6-2-7-13-24)25-14-8-3-9-15-25/h1-21,31H. The molecule has 0 fully saturated rings. The molecule has 4 aromatic carbocycles. The van der Waals surface area contributed by atoms with E-state index in [1.807, 2.05) is 36.7 Å². The number of phenolic OH excluding ortho intramolecular Hbond substituents is 1. The van der Waals surface area contributed by atoms with Crippen LogP contribution in [0, 0.1) is 0 Å². The number of aromatic hydroxyl groups is 1. The molecule has 0 atom stereocenters. The van der Waals surface area contributed by atoms with E-state index < -0.39 is 5.54 Å². The van der Waals surface area contributed by atoms with E-state index in [0.717, 1.165) is 27.9 Å². The molecule has 0 aliphatic carbocycles. The Bertz CT molecular complexity index is 1160. The normalized spacial score (nSPS) is 11.4. The smallest absolute Gasteiger partial charge is 0.121 e. The summed E-state index contributed by atoms with van der Waals surface area (Å²) in [6, 6.07) is 38.7.